The minimum absolute atomic E-state index is 0.321. The molecule has 0 bridgehead atoms. The van der Waals surface area contributed by atoms with Gasteiger partial charge < -0.3 is 5.32 Å². The number of anilines is 1. The first-order valence-electron chi connectivity index (χ1n) is 6.95. The number of amides is 1. The van der Waals surface area contributed by atoms with Crippen molar-refractivity contribution in [3.05, 3.63) is 69.5 Å². The number of carbonyl (C=O) groups excluding carboxylic acids is 1. The smallest absolute Gasteiger partial charge is 0.248 e. The predicted octanol–water partition coefficient (Wildman–Crippen LogP) is 6.04. The highest BCUT2D eigenvalue weighted by molar-refractivity contribution is 7.14. The van der Waals surface area contributed by atoms with E-state index < -0.39 is 5.38 Å². The number of aromatic nitrogens is 1. The molecule has 1 aromatic heterocycles. The Morgan fingerprint density at radius 2 is 1.83 bits per heavy atom. The number of hydrogen-bond donors (Lipinski definition) is 1. The average molecular weight is 398 g/mol. The Kier molecular flexibility index (Phi) is 5.41. The van der Waals surface area contributed by atoms with Gasteiger partial charge in [-0.15, -0.1) is 22.9 Å². The maximum absolute atomic E-state index is 12.2. The Morgan fingerprint density at radius 1 is 1.08 bits per heavy atom. The van der Waals surface area contributed by atoms with Gasteiger partial charge in [-0.2, -0.15) is 0 Å². The first kappa shape index (κ1) is 17.2. The van der Waals surface area contributed by atoms with Crippen molar-refractivity contribution in [2.24, 2.45) is 0 Å². The lowest BCUT2D eigenvalue weighted by molar-refractivity contribution is -0.116. The van der Waals surface area contributed by atoms with Crippen molar-refractivity contribution in [2.75, 3.05) is 5.32 Å². The first-order chi connectivity index (χ1) is 11.5. The normalized spacial score (nSPS) is 12.0. The van der Waals surface area contributed by atoms with Crippen LogP contribution in [0.2, 0.25) is 10.0 Å². The number of halogens is 3. The van der Waals surface area contributed by atoms with E-state index in [2.05, 4.69) is 10.3 Å². The van der Waals surface area contributed by atoms with Gasteiger partial charge in [0, 0.05) is 10.9 Å². The molecule has 1 atom stereocenters. The fourth-order valence-corrected chi connectivity index (χ4v) is 3.28. The van der Waals surface area contributed by atoms with Crippen LogP contribution < -0.4 is 5.32 Å². The maximum atomic E-state index is 12.2. The van der Waals surface area contributed by atoms with Crippen LogP contribution in [0.15, 0.2) is 53.9 Å². The second-order valence-corrected chi connectivity index (χ2v) is 7.04. The van der Waals surface area contributed by atoms with Gasteiger partial charge in [-0.1, -0.05) is 59.6 Å². The molecule has 0 aliphatic rings. The molecule has 0 unspecified atom stereocenters. The lowest BCUT2D eigenvalue weighted by atomic mass is 10.1. The van der Waals surface area contributed by atoms with Crippen LogP contribution in [0.5, 0.6) is 0 Å². The van der Waals surface area contributed by atoms with Gasteiger partial charge in [0.2, 0.25) is 5.91 Å². The summed E-state index contributed by atoms with van der Waals surface area (Å²) in [5.41, 5.74) is 2.27. The molecule has 2 aromatic carbocycles. The van der Waals surface area contributed by atoms with E-state index in [1.165, 1.54) is 11.3 Å². The van der Waals surface area contributed by atoms with Crippen LogP contribution in [0.3, 0.4) is 0 Å². The van der Waals surface area contributed by atoms with Crippen molar-refractivity contribution >= 4 is 57.2 Å². The summed E-state index contributed by atoms with van der Waals surface area (Å²) in [4.78, 5) is 16.6. The number of alkyl halides is 1. The van der Waals surface area contributed by atoms with Crippen LogP contribution in [0, 0.1) is 0 Å². The van der Waals surface area contributed by atoms with Crippen LogP contribution in [-0.2, 0) is 4.79 Å². The highest BCUT2D eigenvalue weighted by Gasteiger charge is 2.18. The highest BCUT2D eigenvalue weighted by atomic mass is 35.5. The van der Waals surface area contributed by atoms with E-state index in [-0.39, 0.29) is 5.91 Å². The second kappa shape index (κ2) is 7.53. The summed E-state index contributed by atoms with van der Waals surface area (Å²) in [6.07, 6.45) is 0. The zero-order valence-electron chi connectivity index (χ0n) is 12.2. The third-order valence-electron chi connectivity index (χ3n) is 3.27. The molecule has 1 N–H and O–H groups in total. The van der Waals surface area contributed by atoms with Gasteiger partial charge in [-0.05, 0) is 17.7 Å². The SMILES string of the molecule is O=C(Nc1nc(-c2ccc(Cl)c(Cl)c2)cs1)[C@H](Cl)c1ccccc1. The van der Waals surface area contributed by atoms with Crippen LogP contribution in [0.4, 0.5) is 5.13 Å². The molecule has 0 spiro atoms. The summed E-state index contributed by atoms with van der Waals surface area (Å²) in [6, 6.07) is 14.4. The molecular formula is C17H11Cl3N2OS. The molecule has 3 rings (SSSR count). The lowest BCUT2D eigenvalue weighted by Crippen LogP contribution is -2.17. The Hall–Kier alpha value is -1.59. The van der Waals surface area contributed by atoms with Gasteiger partial charge in [0.25, 0.3) is 0 Å². The fraction of sp³-hybridized carbons (Fsp3) is 0.0588. The van der Waals surface area contributed by atoms with E-state index in [4.69, 9.17) is 34.8 Å². The summed E-state index contributed by atoms with van der Waals surface area (Å²) >= 11 is 19.5. The van der Waals surface area contributed by atoms with Crippen molar-refractivity contribution in [2.45, 2.75) is 5.38 Å². The Morgan fingerprint density at radius 3 is 2.54 bits per heavy atom. The quantitative estimate of drug-likeness (QED) is 0.546. The minimum Gasteiger partial charge on any atom is -0.300 e. The third kappa shape index (κ3) is 3.90. The zero-order valence-corrected chi connectivity index (χ0v) is 15.3. The number of benzene rings is 2. The molecule has 24 heavy (non-hydrogen) atoms. The van der Waals surface area contributed by atoms with Crippen molar-refractivity contribution < 1.29 is 4.79 Å². The van der Waals surface area contributed by atoms with Gasteiger partial charge in [0.1, 0.15) is 5.38 Å². The molecule has 0 radical (unpaired) electrons. The van der Waals surface area contributed by atoms with E-state index in [0.717, 1.165) is 11.1 Å². The molecule has 0 saturated heterocycles. The van der Waals surface area contributed by atoms with Gasteiger partial charge in [0.15, 0.2) is 5.13 Å². The number of rotatable bonds is 4. The molecule has 0 fully saturated rings. The number of nitrogens with zero attached hydrogens (tertiary/aromatic N) is 1. The van der Waals surface area contributed by atoms with Crippen molar-refractivity contribution in [1.29, 1.82) is 0 Å². The van der Waals surface area contributed by atoms with Crippen molar-refractivity contribution in [1.82, 2.24) is 4.98 Å². The number of hydrogen-bond acceptors (Lipinski definition) is 3. The first-order valence-corrected chi connectivity index (χ1v) is 9.02. The van der Waals surface area contributed by atoms with Crippen LogP contribution in [0.1, 0.15) is 10.9 Å². The number of nitrogens with one attached hydrogen (secondary N) is 1. The van der Waals surface area contributed by atoms with Gasteiger partial charge in [-0.3, -0.25) is 4.79 Å². The topological polar surface area (TPSA) is 42.0 Å². The Balaban J connectivity index is 1.74. The largest absolute Gasteiger partial charge is 0.300 e. The predicted molar refractivity (Wildman–Crippen MR) is 101 cm³/mol. The zero-order chi connectivity index (χ0) is 17.1. The summed E-state index contributed by atoms with van der Waals surface area (Å²) in [6.45, 7) is 0. The number of carbonyl (C=O) groups is 1. The van der Waals surface area contributed by atoms with E-state index in [0.29, 0.717) is 20.9 Å². The molecule has 1 heterocycles. The van der Waals surface area contributed by atoms with Gasteiger partial charge in [-0.25, -0.2) is 4.98 Å². The molecule has 0 aliphatic carbocycles. The molecular weight excluding hydrogens is 387 g/mol. The summed E-state index contributed by atoms with van der Waals surface area (Å²) < 4.78 is 0. The molecule has 3 nitrogen and oxygen atoms in total. The van der Waals surface area contributed by atoms with Gasteiger partial charge >= 0.3 is 0 Å². The van der Waals surface area contributed by atoms with Gasteiger partial charge in [0.05, 0.1) is 15.7 Å². The van der Waals surface area contributed by atoms with E-state index in [1.807, 2.05) is 29.6 Å². The van der Waals surface area contributed by atoms with E-state index in [9.17, 15) is 4.79 Å². The maximum Gasteiger partial charge on any atom is 0.248 e. The summed E-state index contributed by atoms with van der Waals surface area (Å²) in [7, 11) is 0. The molecule has 1 amide bonds. The Bertz CT molecular complexity index is 867. The van der Waals surface area contributed by atoms with E-state index >= 15 is 0 Å². The summed E-state index contributed by atoms with van der Waals surface area (Å²) in [5, 5.41) is 5.21. The molecule has 0 aliphatic heterocycles. The standard InChI is InChI=1S/C17H11Cl3N2OS/c18-12-7-6-11(8-13(12)19)14-9-24-17(21-14)22-16(23)15(20)10-4-2-1-3-5-10/h1-9,15H,(H,21,22,23)/t15-/m1/s1. The van der Waals surface area contributed by atoms with Crippen LogP contribution in [-0.4, -0.2) is 10.9 Å². The van der Waals surface area contributed by atoms with Crippen LogP contribution in [0.25, 0.3) is 11.3 Å². The molecule has 3 aromatic rings. The van der Waals surface area contributed by atoms with Crippen molar-refractivity contribution in [3.63, 3.8) is 0 Å². The number of thiazole rings is 1. The van der Waals surface area contributed by atoms with Crippen molar-refractivity contribution in [3.8, 4) is 11.3 Å². The molecule has 0 saturated carbocycles. The van der Waals surface area contributed by atoms with E-state index in [1.54, 1.807) is 24.3 Å². The minimum atomic E-state index is -0.775. The monoisotopic (exact) mass is 396 g/mol. The second-order valence-electron chi connectivity index (χ2n) is 4.93. The fourth-order valence-electron chi connectivity index (χ4n) is 2.06. The van der Waals surface area contributed by atoms with Crippen LogP contribution >= 0.6 is 46.1 Å². The lowest BCUT2D eigenvalue weighted by Gasteiger charge is -2.08. The average Bonchev–Trinajstić information content (AvgIpc) is 3.06. The summed E-state index contributed by atoms with van der Waals surface area (Å²) in [5.74, 6) is -0.321. The molecule has 7 heteroatoms. The Labute approximate surface area is 158 Å². The highest BCUT2D eigenvalue weighted by Crippen LogP contribution is 2.31. The third-order valence-corrected chi connectivity index (χ3v) is 5.22. The molecule has 122 valence electrons.